The molecule has 2 heterocycles. The van der Waals surface area contributed by atoms with E-state index < -0.39 is 0 Å². The van der Waals surface area contributed by atoms with E-state index in [2.05, 4.69) is 16.4 Å². The first-order valence-electron chi connectivity index (χ1n) is 8.64. The lowest BCUT2D eigenvalue weighted by Crippen LogP contribution is -2.10. The van der Waals surface area contributed by atoms with Crippen LogP contribution in [-0.2, 0) is 4.79 Å². The topological polar surface area (TPSA) is 78.9 Å². The van der Waals surface area contributed by atoms with Crippen LogP contribution in [-0.4, -0.2) is 10.9 Å². The Balaban J connectivity index is 1.84. The van der Waals surface area contributed by atoms with Crippen molar-refractivity contribution >= 4 is 34.6 Å². The minimum absolute atomic E-state index is 0.0131. The maximum atomic E-state index is 11.7. The summed E-state index contributed by atoms with van der Waals surface area (Å²) in [6.07, 6.45) is 4.58. The number of nitrogens with zero attached hydrogens (tertiary/aromatic N) is 2. The molecule has 1 amide bonds. The molecule has 0 aliphatic rings. The van der Waals surface area contributed by atoms with Gasteiger partial charge in [0.15, 0.2) is 0 Å². The Hall–Kier alpha value is -3.17. The molecule has 1 N–H and O–H groups in total. The Morgan fingerprint density at radius 1 is 1.33 bits per heavy atom. The van der Waals surface area contributed by atoms with Crippen molar-refractivity contribution in [3.8, 4) is 17.3 Å². The minimum Gasteiger partial charge on any atom is -0.465 e. The minimum atomic E-state index is 0.0131. The van der Waals surface area contributed by atoms with E-state index in [4.69, 9.17) is 4.42 Å². The van der Waals surface area contributed by atoms with E-state index >= 15 is 0 Å². The van der Waals surface area contributed by atoms with Gasteiger partial charge in [0.05, 0.1) is 17.5 Å². The third kappa shape index (κ3) is 4.52. The van der Waals surface area contributed by atoms with E-state index in [0.29, 0.717) is 22.8 Å². The van der Waals surface area contributed by atoms with E-state index in [1.807, 2.05) is 38.1 Å². The molecule has 0 spiro atoms. The first kappa shape index (κ1) is 18.6. The molecule has 0 bridgehead atoms. The summed E-state index contributed by atoms with van der Waals surface area (Å²) < 4.78 is 5.29. The van der Waals surface area contributed by atoms with Gasteiger partial charge in [0, 0.05) is 28.6 Å². The average Bonchev–Trinajstić information content (AvgIpc) is 3.30. The lowest BCUT2D eigenvalue weighted by molar-refractivity contribution is -0.116. The molecule has 0 saturated carbocycles. The van der Waals surface area contributed by atoms with Crippen molar-refractivity contribution in [2.45, 2.75) is 26.7 Å². The molecule has 27 heavy (non-hydrogen) atoms. The zero-order valence-corrected chi connectivity index (χ0v) is 16.0. The highest BCUT2D eigenvalue weighted by Crippen LogP contribution is 2.32. The first-order chi connectivity index (χ1) is 13.1. The molecule has 0 saturated heterocycles. The Bertz CT molecular complexity index is 993. The van der Waals surface area contributed by atoms with Crippen LogP contribution >= 0.6 is 11.3 Å². The van der Waals surface area contributed by atoms with Crippen LogP contribution in [0.4, 0.5) is 5.69 Å². The lowest BCUT2D eigenvalue weighted by Gasteiger charge is -2.05. The van der Waals surface area contributed by atoms with E-state index in [1.165, 1.54) is 11.3 Å². The number of carbonyl (C=O) groups is 1. The number of rotatable bonds is 6. The molecule has 0 atom stereocenters. The predicted molar refractivity (Wildman–Crippen MR) is 108 cm³/mol. The number of hydrogen-bond donors (Lipinski definition) is 1. The van der Waals surface area contributed by atoms with Gasteiger partial charge in [-0.05, 0) is 37.6 Å². The molecule has 1 aromatic carbocycles. The first-order valence-corrected chi connectivity index (χ1v) is 9.45. The van der Waals surface area contributed by atoms with Crippen molar-refractivity contribution in [1.82, 2.24) is 4.98 Å². The number of thiazole rings is 1. The zero-order valence-electron chi connectivity index (χ0n) is 15.2. The summed E-state index contributed by atoms with van der Waals surface area (Å²) >= 11 is 1.47. The van der Waals surface area contributed by atoms with E-state index in [1.54, 1.807) is 24.5 Å². The van der Waals surface area contributed by atoms with Crippen LogP contribution in [0.15, 0.2) is 47.1 Å². The van der Waals surface area contributed by atoms with E-state index in [-0.39, 0.29) is 5.91 Å². The van der Waals surface area contributed by atoms with Crippen LogP contribution in [0, 0.1) is 18.3 Å². The molecule has 0 aliphatic heterocycles. The van der Waals surface area contributed by atoms with Crippen molar-refractivity contribution in [2.75, 3.05) is 5.32 Å². The molecule has 6 heteroatoms. The summed E-state index contributed by atoms with van der Waals surface area (Å²) in [5.41, 5.74) is 3.01. The average molecular weight is 377 g/mol. The number of aryl methyl sites for hydroxylation is 1. The molecule has 3 aromatic rings. The molecule has 0 fully saturated rings. The Kier molecular flexibility index (Phi) is 5.84. The molecule has 0 unspecified atom stereocenters. The van der Waals surface area contributed by atoms with E-state index in [0.717, 1.165) is 28.2 Å². The monoisotopic (exact) mass is 377 g/mol. The molecular formula is C21H19N3O2S. The summed E-state index contributed by atoms with van der Waals surface area (Å²) in [5, 5.41) is 13.0. The maximum Gasteiger partial charge on any atom is 0.224 e. The third-order valence-corrected chi connectivity index (χ3v) is 4.90. The number of amides is 1. The van der Waals surface area contributed by atoms with Crippen LogP contribution < -0.4 is 5.32 Å². The Morgan fingerprint density at radius 3 is 2.74 bits per heavy atom. The lowest BCUT2D eigenvalue weighted by atomic mass is 10.1. The number of aromatic nitrogens is 1. The molecule has 3 rings (SSSR count). The van der Waals surface area contributed by atoms with Gasteiger partial charge in [0.1, 0.15) is 16.8 Å². The number of benzene rings is 1. The van der Waals surface area contributed by atoms with Gasteiger partial charge in [-0.3, -0.25) is 4.79 Å². The van der Waals surface area contributed by atoms with Crippen molar-refractivity contribution in [1.29, 1.82) is 5.26 Å². The standard InChI is InChI=1S/C21H19N3O2S/c1-3-5-19(25)23-17-9-7-15(8-10-17)20-14(2)27-21(24-20)16(13-22)12-18-6-4-11-26-18/h4,6-12H,3,5H2,1-2H3,(H,23,25)/b16-12+. The molecular weight excluding hydrogens is 358 g/mol. The second-order valence-corrected chi connectivity index (χ2v) is 7.19. The van der Waals surface area contributed by atoms with Gasteiger partial charge in [0.2, 0.25) is 5.91 Å². The van der Waals surface area contributed by atoms with Gasteiger partial charge in [-0.2, -0.15) is 5.26 Å². The smallest absolute Gasteiger partial charge is 0.224 e. The van der Waals surface area contributed by atoms with Crippen molar-refractivity contribution in [2.24, 2.45) is 0 Å². The van der Waals surface area contributed by atoms with Crippen molar-refractivity contribution < 1.29 is 9.21 Å². The normalized spacial score (nSPS) is 11.2. The molecule has 0 radical (unpaired) electrons. The molecule has 0 aliphatic carbocycles. The maximum absolute atomic E-state index is 11.7. The van der Waals surface area contributed by atoms with E-state index in [9.17, 15) is 10.1 Å². The van der Waals surface area contributed by atoms with Gasteiger partial charge in [-0.15, -0.1) is 11.3 Å². The van der Waals surface area contributed by atoms with Gasteiger partial charge < -0.3 is 9.73 Å². The fourth-order valence-electron chi connectivity index (χ4n) is 2.60. The Labute approximate surface area is 162 Å². The van der Waals surface area contributed by atoms with Crippen molar-refractivity contribution in [3.63, 3.8) is 0 Å². The molecule has 5 nitrogen and oxygen atoms in total. The number of allylic oxidation sites excluding steroid dienone is 1. The summed E-state index contributed by atoms with van der Waals surface area (Å²) in [6, 6.07) is 13.4. The van der Waals surface area contributed by atoms with Crippen LogP contribution in [0.5, 0.6) is 0 Å². The van der Waals surface area contributed by atoms with Gasteiger partial charge in [-0.25, -0.2) is 4.98 Å². The summed E-state index contributed by atoms with van der Waals surface area (Å²) in [7, 11) is 0. The highest BCUT2D eigenvalue weighted by molar-refractivity contribution is 7.13. The number of furan rings is 1. The second-order valence-electron chi connectivity index (χ2n) is 5.98. The summed E-state index contributed by atoms with van der Waals surface area (Å²) in [6.45, 7) is 3.95. The predicted octanol–water partition coefficient (Wildman–Crippen LogP) is 5.51. The molecule has 136 valence electrons. The zero-order chi connectivity index (χ0) is 19.2. The van der Waals surface area contributed by atoms with Crippen LogP contribution in [0.3, 0.4) is 0 Å². The quantitative estimate of drug-likeness (QED) is 0.574. The van der Waals surface area contributed by atoms with Gasteiger partial charge >= 0.3 is 0 Å². The largest absolute Gasteiger partial charge is 0.465 e. The fourth-order valence-corrected chi connectivity index (χ4v) is 3.50. The van der Waals surface area contributed by atoms with Crippen LogP contribution in [0.25, 0.3) is 22.9 Å². The summed E-state index contributed by atoms with van der Waals surface area (Å²) in [5.74, 6) is 0.632. The van der Waals surface area contributed by atoms with Crippen LogP contribution in [0.1, 0.15) is 35.4 Å². The Morgan fingerprint density at radius 2 is 2.11 bits per heavy atom. The fraction of sp³-hybridized carbons (Fsp3) is 0.190. The number of hydrogen-bond acceptors (Lipinski definition) is 5. The number of nitrogens with one attached hydrogen (secondary N) is 1. The number of nitriles is 1. The third-order valence-electron chi connectivity index (χ3n) is 3.90. The summed E-state index contributed by atoms with van der Waals surface area (Å²) in [4.78, 5) is 17.4. The van der Waals surface area contributed by atoms with Gasteiger partial charge in [0.25, 0.3) is 0 Å². The highest BCUT2D eigenvalue weighted by Gasteiger charge is 2.14. The highest BCUT2D eigenvalue weighted by atomic mass is 32.1. The second kappa shape index (κ2) is 8.47. The SMILES string of the molecule is CCCC(=O)Nc1ccc(-c2nc(/C(C#N)=C/c3ccco3)sc2C)cc1. The molecule has 2 aromatic heterocycles. The van der Waals surface area contributed by atoms with Gasteiger partial charge in [-0.1, -0.05) is 19.1 Å². The number of anilines is 1. The van der Waals surface area contributed by atoms with Crippen LogP contribution in [0.2, 0.25) is 0 Å². The van der Waals surface area contributed by atoms with Crippen molar-refractivity contribution in [3.05, 3.63) is 58.3 Å². The number of carbonyl (C=O) groups excluding carboxylic acids is 1.